The van der Waals surface area contributed by atoms with E-state index < -0.39 is 0 Å². The Labute approximate surface area is 194 Å². The van der Waals surface area contributed by atoms with Crippen LogP contribution >= 0.6 is 0 Å². The number of aromatic nitrogens is 2. The molecule has 7 aromatic rings. The first kappa shape index (κ1) is 18.0. The van der Waals surface area contributed by atoms with Crippen LogP contribution in [0.5, 0.6) is 0 Å². The van der Waals surface area contributed by atoms with Crippen LogP contribution in [0.2, 0.25) is 0 Å². The van der Waals surface area contributed by atoms with Gasteiger partial charge in [-0.25, -0.2) is 4.98 Å². The maximum atomic E-state index is 13.9. The molecule has 0 aliphatic heterocycles. The molecule has 0 N–H and O–H groups in total. The molecule has 0 radical (unpaired) electrons. The molecule has 8 rings (SSSR count). The molecule has 34 heavy (non-hydrogen) atoms. The fourth-order valence-electron chi connectivity index (χ4n) is 5.85. The van der Waals surface area contributed by atoms with Crippen LogP contribution in [0.3, 0.4) is 0 Å². The number of imidazole rings is 1. The smallest absolute Gasteiger partial charge is 0.264 e. The highest BCUT2D eigenvalue weighted by Crippen LogP contribution is 2.40. The van der Waals surface area contributed by atoms with Gasteiger partial charge in [-0.05, 0) is 63.4 Å². The third-order valence-corrected chi connectivity index (χ3v) is 7.37. The topological polar surface area (TPSA) is 34.4 Å². The van der Waals surface area contributed by atoms with E-state index >= 15 is 0 Å². The van der Waals surface area contributed by atoms with E-state index in [-0.39, 0.29) is 5.56 Å². The van der Waals surface area contributed by atoms with Crippen molar-refractivity contribution in [3.05, 3.63) is 119 Å². The molecule has 158 valence electrons. The molecule has 5 aromatic carbocycles. The molecule has 0 bridgehead atoms. The Bertz CT molecular complexity index is 2000. The molecule has 2 aromatic heterocycles. The fourth-order valence-corrected chi connectivity index (χ4v) is 5.85. The monoisotopic (exact) mass is 434 g/mol. The number of hydrogen-bond acceptors (Lipinski definition) is 2. The van der Waals surface area contributed by atoms with E-state index in [9.17, 15) is 4.79 Å². The Morgan fingerprint density at radius 3 is 2.38 bits per heavy atom. The molecule has 2 heterocycles. The number of benzene rings is 5. The van der Waals surface area contributed by atoms with Gasteiger partial charge in [-0.2, -0.15) is 0 Å². The van der Waals surface area contributed by atoms with Gasteiger partial charge in [-0.3, -0.25) is 9.20 Å². The normalized spacial score (nSPS) is 12.7. The molecule has 0 atom stereocenters. The molecule has 0 fully saturated rings. The van der Waals surface area contributed by atoms with Gasteiger partial charge in [0.2, 0.25) is 0 Å². The van der Waals surface area contributed by atoms with Crippen molar-refractivity contribution in [1.82, 2.24) is 9.38 Å². The van der Waals surface area contributed by atoms with Crippen LogP contribution < -0.4 is 5.56 Å². The summed E-state index contributed by atoms with van der Waals surface area (Å²) in [7, 11) is 0. The van der Waals surface area contributed by atoms with Crippen molar-refractivity contribution in [2.75, 3.05) is 0 Å². The van der Waals surface area contributed by atoms with Crippen LogP contribution in [0.15, 0.2) is 102 Å². The molecule has 1 aliphatic rings. The van der Waals surface area contributed by atoms with E-state index in [1.807, 2.05) is 28.7 Å². The third-order valence-electron chi connectivity index (χ3n) is 7.37. The van der Waals surface area contributed by atoms with Crippen molar-refractivity contribution in [1.29, 1.82) is 0 Å². The average molecular weight is 434 g/mol. The number of fused-ring (bicyclic) bond motifs is 7. The summed E-state index contributed by atoms with van der Waals surface area (Å²) in [5.74, 6) is 0. The molecule has 0 unspecified atom stereocenters. The second-order valence-electron chi connectivity index (χ2n) is 9.16. The first-order valence-corrected chi connectivity index (χ1v) is 11.6. The zero-order valence-electron chi connectivity index (χ0n) is 18.2. The quantitative estimate of drug-likeness (QED) is 0.284. The second kappa shape index (κ2) is 6.30. The summed E-state index contributed by atoms with van der Waals surface area (Å²) >= 11 is 0. The molecule has 3 nitrogen and oxygen atoms in total. The van der Waals surface area contributed by atoms with Gasteiger partial charge in [0.25, 0.3) is 5.56 Å². The molecular formula is C31H18N2O. The highest BCUT2D eigenvalue weighted by Gasteiger charge is 2.22. The van der Waals surface area contributed by atoms with E-state index in [2.05, 4.69) is 72.8 Å². The summed E-state index contributed by atoms with van der Waals surface area (Å²) in [6.07, 6.45) is 0.892. The van der Waals surface area contributed by atoms with Crippen molar-refractivity contribution in [3.8, 4) is 22.3 Å². The van der Waals surface area contributed by atoms with Gasteiger partial charge in [0.15, 0.2) is 0 Å². The lowest BCUT2D eigenvalue weighted by Gasteiger charge is -2.11. The molecular weight excluding hydrogens is 416 g/mol. The Morgan fingerprint density at radius 2 is 1.47 bits per heavy atom. The lowest BCUT2D eigenvalue weighted by Crippen LogP contribution is -2.13. The van der Waals surface area contributed by atoms with Crippen LogP contribution in [0.25, 0.3) is 60.5 Å². The van der Waals surface area contributed by atoms with Gasteiger partial charge in [0.05, 0.1) is 11.0 Å². The zero-order chi connectivity index (χ0) is 22.4. The number of rotatable bonds is 1. The number of nitrogens with zero attached hydrogens (tertiary/aromatic N) is 2. The Morgan fingerprint density at radius 1 is 0.647 bits per heavy atom. The van der Waals surface area contributed by atoms with E-state index in [0.29, 0.717) is 0 Å². The lowest BCUT2D eigenvalue weighted by atomic mass is 9.94. The van der Waals surface area contributed by atoms with E-state index in [1.165, 1.54) is 22.3 Å². The van der Waals surface area contributed by atoms with E-state index in [0.717, 1.165) is 55.8 Å². The Hall–Kier alpha value is -4.50. The highest BCUT2D eigenvalue weighted by atomic mass is 16.1. The minimum Gasteiger partial charge on any atom is -0.268 e. The molecule has 0 saturated carbocycles. The first-order chi connectivity index (χ1) is 16.8. The predicted octanol–water partition coefficient (Wildman–Crippen LogP) is 6.83. The minimum absolute atomic E-state index is 0.00345. The predicted molar refractivity (Wildman–Crippen MR) is 139 cm³/mol. The second-order valence-corrected chi connectivity index (χ2v) is 9.16. The van der Waals surface area contributed by atoms with E-state index in [4.69, 9.17) is 4.98 Å². The molecule has 1 aliphatic carbocycles. The third kappa shape index (κ3) is 2.21. The summed E-state index contributed by atoms with van der Waals surface area (Å²) in [6, 6.07) is 33.5. The molecule has 0 spiro atoms. The maximum absolute atomic E-state index is 13.9. The van der Waals surface area contributed by atoms with Gasteiger partial charge in [0, 0.05) is 16.2 Å². The van der Waals surface area contributed by atoms with Crippen molar-refractivity contribution < 1.29 is 0 Å². The maximum Gasteiger partial charge on any atom is 0.264 e. The largest absolute Gasteiger partial charge is 0.268 e. The zero-order valence-corrected chi connectivity index (χ0v) is 18.2. The Kier molecular flexibility index (Phi) is 3.33. The van der Waals surface area contributed by atoms with Crippen LogP contribution in [0.4, 0.5) is 0 Å². The number of hydrogen-bond donors (Lipinski definition) is 0. The summed E-state index contributed by atoms with van der Waals surface area (Å²) in [6.45, 7) is 0. The van der Waals surface area contributed by atoms with Gasteiger partial charge in [-0.15, -0.1) is 0 Å². The van der Waals surface area contributed by atoms with Gasteiger partial charge in [-0.1, -0.05) is 78.9 Å². The summed E-state index contributed by atoms with van der Waals surface area (Å²) < 4.78 is 1.82. The summed E-state index contributed by atoms with van der Waals surface area (Å²) in [4.78, 5) is 18.9. The van der Waals surface area contributed by atoms with Crippen molar-refractivity contribution in [3.63, 3.8) is 0 Å². The summed E-state index contributed by atoms with van der Waals surface area (Å²) in [5, 5.41) is 3.83. The number of pyridine rings is 1. The van der Waals surface area contributed by atoms with Gasteiger partial charge < -0.3 is 0 Å². The van der Waals surface area contributed by atoms with E-state index in [1.54, 1.807) is 0 Å². The van der Waals surface area contributed by atoms with Crippen molar-refractivity contribution in [2.45, 2.75) is 6.42 Å². The molecule has 0 saturated heterocycles. The SMILES string of the molecule is O=c1c2ccc(-c3ccccc3)c3cccc(c32)c2nc3cc4c(cc3n12)Cc1ccccc1-4. The highest BCUT2D eigenvalue weighted by molar-refractivity contribution is 6.19. The van der Waals surface area contributed by atoms with Crippen molar-refractivity contribution >= 4 is 38.2 Å². The minimum atomic E-state index is -0.00345. The van der Waals surface area contributed by atoms with Crippen LogP contribution in [-0.4, -0.2) is 9.38 Å². The first-order valence-electron chi connectivity index (χ1n) is 11.6. The standard InChI is InChI=1S/C31H18N2O/c34-31-25-14-13-22(18-7-2-1-3-8-18)23-11-6-12-24(29(23)25)30-32-27-17-26-20(16-28(27)33(30)31)15-19-9-4-5-10-21(19)26/h1-14,16-17H,15H2. The lowest BCUT2D eigenvalue weighted by molar-refractivity contribution is 1.18. The summed E-state index contributed by atoms with van der Waals surface area (Å²) in [5.41, 5.74) is 9.86. The Balaban J connectivity index is 1.51. The van der Waals surface area contributed by atoms with Crippen molar-refractivity contribution in [2.24, 2.45) is 0 Å². The van der Waals surface area contributed by atoms with Crippen LogP contribution in [0, 0.1) is 0 Å². The van der Waals surface area contributed by atoms with Crippen LogP contribution in [0.1, 0.15) is 11.1 Å². The van der Waals surface area contributed by atoms with Gasteiger partial charge in [0.1, 0.15) is 5.65 Å². The average Bonchev–Trinajstić information content (AvgIpc) is 3.44. The fraction of sp³-hybridized carbons (Fsp3) is 0.0323. The molecule has 3 heteroatoms. The van der Waals surface area contributed by atoms with Crippen LogP contribution in [-0.2, 0) is 6.42 Å². The molecule has 0 amide bonds. The van der Waals surface area contributed by atoms with Gasteiger partial charge >= 0.3 is 0 Å².